The van der Waals surface area contributed by atoms with Crippen LogP contribution in [-0.4, -0.2) is 23.5 Å². The highest BCUT2D eigenvalue weighted by molar-refractivity contribution is 5.75. The standard InChI is InChI=1S/C20H24N2O/c1-16-10-8-9-15-22(16)20(23)21-19(17-11-4-2-5-12-17)18-13-6-3-7-14-18/h2-7,11-14,16,19H,8-10,15H2,1H3,(H,21,23). The maximum Gasteiger partial charge on any atom is 0.318 e. The fraction of sp³-hybridized carbons (Fsp3) is 0.350. The van der Waals surface area contributed by atoms with Gasteiger partial charge >= 0.3 is 6.03 Å². The highest BCUT2D eigenvalue weighted by atomic mass is 16.2. The topological polar surface area (TPSA) is 32.3 Å². The number of nitrogens with zero attached hydrogens (tertiary/aromatic N) is 1. The molecule has 2 aromatic rings. The molecule has 120 valence electrons. The lowest BCUT2D eigenvalue weighted by Crippen LogP contribution is -2.48. The maximum atomic E-state index is 12.8. The van der Waals surface area contributed by atoms with Gasteiger partial charge in [0.25, 0.3) is 0 Å². The minimum atomic E-state index is -0.112. The number of likely N-dealkylation sites (tertiary alicyclic amines) is 1. The van der Waals surface area contributed by atoms with Crippen LogP contribution in [0.15, 0.2) is 60.7 Å². The molecule has 0 bridgehead atoms. The highest BCUT2D eigenvalue weighted by Crippen LogP contribution is 2.23. The van der Waals surface area contributed by atoms with E-state index in [1.165, 1.54) is 6.42 Å². The second kappa shape index (κ2) is 7.32. The SMILES string of the molecule is CC1CCCCN1C(=O)NC(c1ccccc1)c1ccccc1. The second-order valence-corrected chi connectivity index (χ2v) is 6.24. The fourth-order valence-electron chi connectivity index (χ4n) is 3.26. The number of carbonyl (C=O) groups is 1. The summed E-state index contributed by atoms with van der Waals surface area (Å²) in [7, 11) is 0. The van der Waals surface area contributed by atoms with Crippen LogP contribution in [0.25, 0.3) is 0 Å². The first-order valence-electron chi connectivity index (χ1n) is 8.43. The van der Waals surface area contributed by atoms with Crippen molar-refractivity contribution in [3.8, 4) is 0 Å². The lowest BCUT2D eigenvalue weighted by Gasteiger charge is -2.35. The number of carbonyl (C=O) groups excluding carboxylic acids is 1. The third kappa shape index (κ3) is 3.73. The molecule has 1 aliphatic rings. The fourth-order valence-corrected chi connectivity index (χ4v) is 3.26. The number of piperidine rings is 1. The zero-order valence-electron chi connectivity index (χ0n) is 13.6. The van der Waals surface area contributed by atoms with E-state index in [1.54, 1.807) is 0 Å². The van der Waals surface area contributed by atoms with Crippen molar-refractivity contribution < 1.29 is 4.79 Å². The molecule has 1 atom stereocenters. The third-order valence-electron chi connectivity index (χ3n) is 4.60. The van der Waals surface area contributed by atoms with Crippen LogP contribution in [0.4, 0.5) is 4.79 Å². The van der Waals surface area contributed by atoms with Crippen molar-refractivity contribution in [2.45, 2.75) is 38.3 Å². The van der Waals surface area contributed by atoms with Gasteiger partial charge in [-0.05, 0) is 37.3 Å². The Hall–Kier alpha value is -2.29. The van der Waals surface area contributed by atoms with Crippen molar-refractivity contribution in [1.82, 2.24) is 10.2 Å². The third-order valence-corrected chi connectivity index (χ3v) is 4.60. The molecule has 1 fully saturated rings. The molecule has 1 heterocycles. The Balaban J connectivity index is 1.83. The lowest BCUT2D eigenvalue weighted by atomic mass is 9.98. The zero-order valence-corrected chi connectivity index (χ0v) is 13.6. The number of nitrogens with one attached hydrogen (secondary N) is 1. The van der Waals surface area contributed by atoms with Gasteiger partial charge in [0, 0.05) is 12.6 Å². The Morgan fingerprint density at radius 3 is 2.09 bits per heavy atom. The summed E-state index contributed by atoms with van der Waals surface area (Å²) in [5.41, 5.74) is 2.22. The van der Waals surface area contributed by atoms with Gasteiger partial charge in [0.05, 0.1) is 6.04 Å². The van der Waals surface area contributed by atoms with Gasteiger partial charge in [-0.2, -0.15) is 0 Å². The molecule has 2 amide bonds. The molecule has 0 aliphatic carbocycles. The summed E-state index contributed by atoms with van der Waals surface area (Å²) in [5, 5.41) is 3.24. The van der Waals surface area contributed by atoms with Crippen LogP contribution in [0.3, 0.4) is 0 Å². The highest BCUT2D eigenvalue weighted by Gasteiger charge is 2.26. The Morgan fingerprint density at radius 1 is 1.00 bits per heavy atom. The molecule has 3 nitrogen and oxygen atoms in total. The first-order chi connectivity index (χ1) is 11.3. The number of urea groups is 1. The van der Waals surface area contributed by atoms with Gasteiger partial charge in [-0.25, -0.2) is 4.79 Å². The minimum absolute atomic E-state index is 0.0370. The molecule has 2 aromatic carbocycles. The quantitative estimate of drug-likeness (QED) is 0.897. The molecule has 1 aliphatic heterocycles. The van der Waals surface area contributed by atoms with Crippen LogP contribution in [0.2, 0.25) is 0 Å². The lowest BCUT2D eigenvalue weighted by molar-refractivity contribution is 0.156. The van der Waals surface area contributed by atoms with Crippen molar-refractivity contribution in [3.63, 3.8) is 0 Å². The molecule has 0 aromatic heterocycles. The second-order valence-electron chi connectivity index (χ2n) is 6.24. The van der Waals surface area contributed by atoms with E-state index in [0.29, 0.717) is 6.04 Å². The van der Waals surface area contributed by atoms with Crippen LogP contribution >= 0.6 is 0 Å². The number of hydrogen-bond acceptors (Lipinski definition) is 1. The monoisotopic (exact) mass is 308 g/mol. The Labute approximate surface area is 138 Å². The first-order valence-corrected chi connectivity index (χ1v) is 8.43. The summed E-state index contributed by atoms with van der Waals surface area (Å²) in [6.45, 7) is 2.99. The van der Waals surface area contributed by atoms with Gasteiger partial charge in [0.1, 0.15) is 0 Å². The largest absolute Gasteiger partial charge is 0.327 e. The molecule has 1 N–H and O–H groups in total. The number of hydrogen-bond donors (Lipinski definition) is 1. The first kappa shape index (κ1) is 15.6. The van der Waals surface area contributed by atoms with Crippen LogP contribution in [0.5, 0.6) is 0 Å². The van der Waals surface area contributed by atoms with E-state index in [2.05, 4.69) is 36.5 Å². The molecule has 0 radical (unpaired) electrons. The van der Waals surface area contributed by atoms with E-state index in [0.717, 1.165) is 30.5 Å². The molecule has 0 saturated carbocycles. The van der Waals surface area contributed by atoms with Gasteiger partial charge in [-0.15, -0.1) is 0 Å². The van der Waals surface area contributed by atoms with E-state index >= 15 is 0 Å². The van der Waals surface area contributed by atoms with Crippen LogP contribution in [0.1, 0.15) is 43.4 Å². The number of amides is 2. The molecule has 1 unspecified atom stereocenters. The van der Waals surface area contributed by atoms with Crippen molar-refractivity contribution in [2.24, 2.45) is 0 Å². The Morgan fingerprint density at radius 2 is 1.57 bits per heavy atom. The summed E-state index contributed by atoms with van der Waals surface area (Å²) in [6, 6.07) is 20.6. The van der Waals surface area contributed by atoms with Crippen LogP contribution in [0, 0.1) is 0 Å². The van der Waals surface area contributed by atoms with Crippen LogP contribution < -0.4 is 5.32 Å². The molecule has 0 spiro atoms. The number of benzene rings is 2. The van der Waals surface area contributed by atoms with Crippen molar-refractivity contribution in [1.29, 1.82) is 0 Å². The normalized spacial score (nSPS) is 18.0. The van der Waals surface area contributed by atoms with Gasteiger partial charge in [0.15, 0.2) is 0 Å². The summed E-state index contributed by atoms with van der Waals surface area (Å²) < 4.78 is 0. The molecule has 1 saturated heterocycles. The summed E-state index contributed by atoms with van der Waals surface area (Å²) in [6.07, 6.45) is 3.40. The summed E-state index contributed by atoms with van der Waals surface area (Å²) in [5.74, 6) is 0. The maximum absolute atomic E-state index is 12.8. The Bertz CT molecular complexity index is 587. The van der Waals surface area contributed by atoms with Crippen molar-refractivity contribution >= 4 is 6.03 Å². The summed E-state index contributed by atoms with van der Waals surface area (Å²) in [4.78, 5) is 14.8. The van der Waals surface area contributed by atoms with E-state index < -0.39 is 0 Å². The van der Waals surface area contributed by atoms with Gasteiger partial charge in [0.2, 0.25) is 0 Å². The van der Waals surface area contributed by atoms with Gasteiger partial charge in [-0.3, -0.25) is 0 Å². The van der Waals surface area contributed by atoms with Gasteiger partial charge < -0.3 is 10.2 Å². The molecule has 3 heteroatoms. The predicted molar refractivity (Wildman–Crippen MR) is 93.3 cm³/mol. The smallest absolute Gasteiger partial charge is 0.318 e. The Kier molecular flexibility index (Phi) is 4.96. The van der Waals surface area contributed by atoms with Crippen molar-refractivity contribution in [3.05, 3.63) is 71.8 Å². The molecule has 23 heavy (non-hydrogen) atoms. The van der Waals surface area contributed by atoms with Crippen molar-refractivity contribution in [2.75, 3.05) is 6.54 Å². The minimum Gasteiger partial charge on any atom is -0.327 e. The number of rotatable bonds is 3. The molecule has 3 rings (SSSR count). The average molecular weight is 308 g/mol. The zero-order chi connectivity index (χ0) is 16.1. The predicted octanol–water partition coefficient (Wildman–Crippen LogP) is 4.36. The van der Waals surface area contributed by atoms with Crippen LogP contribution in [-0.2, 0) is 0 Å². The average Bonchev–Trinajstić information content (AvgIpc) is 2.61. The van der Waals surface area contributed by atoms with E-state index in [-0.39, 0.29) is 12.1 Å². The summed E-state index contributed by atoms with van der Waals surface area (Å²) >= 11 is 0. The van der Waals surface area contributed by atoms with E-state index in [4.69, 9.17) is 0 Å². The molecular weight excluding hydrogens is 284 g/mol. The molecular formula is C20H24N2O. The van der Waals surface area contributed by atoms with E-state index in [9.17, 15) is 4.79 Å². The van der Waals surface area contributed by atoms with E-state index in [1.807, 2.05) is 41.3 Å². The van der Waals surface area contributed by atoms with Gasteiger partial charge in [-0.1, -0.05) is 60.7 Å².